The quantitative estimate of drug-likeness (QED) is 0.780. The maximum Gasteiger partial charge on any atom is 0.163 e. The highest BCUT2D eigenvalue weighted by Crippen LogP contribution is 2.23. The van der Waals surface area contributed by atoms with E-state index in [-0.39, 0.29) is 5.82 Å². The molecular weight excluding hydrogens is 259 g/mol. The second kappa shape index (κ2) is 5.01. The summed E-state index contributed by atoms with van der Waals surface area (Å²) < 4.78 is 17.0. The Kier molecular flexibility index (Phi) is 3.19. The van der Waals surface area contributed by atoms with Crippen LogP contribution in [-0.4, -0.2) is 31.1 Å². The minimum Gasteiger partial charge on any atom is -0.329 e. The zero-order chi connectivity index (χ0) is 14.1. The van der Waals surface area contributed by atoms with E-state index in [2.05, 4.69) is 15.3 Å². The molecule has 0 unspecified atom stereocenters. The van der Waals surface area contributed by atoms with Crippen molar-refractivity contribution in [1.29, 1.82) is 0 Å². The van der Waals surface area contributed by atoms with Gasteiger partial charge in [0, 0.05) is 13.1 Å². The Bertz CT molecular complexity index is 744. The standard InChI is InChI=1S/C13H15FN6/c1-2-20-12-7-9(14)3-4-10(12)16-13(20)11-8-19(6-5-15)18-17-11/h3-4,7-8H,2,5-6,15H2,1H3. The van der Waals surface area contributed by atoms with Gasteiger partial charge in [-0.3, -0.25) is 4.68 Å². The molecule has 1 aromatic carbocycles. The molecule has 0 radical (unpaired) electrons. The van der Waals surface area contributed by atoms with Crippen molar-refractivity contribution in [3.63, 3.8) is 0 Å². The monoisotopic (exact) mass is 274 g/mol. The van der Waals surface area contributed by atoms with E-state index >= 15 is 0 Å². The Morgan fingerprint density at radius 3 is 2.95 bits per heavy atom. The largest absolute Gasteiger partial charge is 0.329 e. The fourth-order valence-electron chi connectivity index (χ4n) is 2.25. The van der Waals surface area contributed by atoms with Gasteiger partial charge < -0.3 is 10.3 Å². The zero-order valence-electron chi connectivity index (χ0n) is 11.1. The van der Waals surface area contributed by atoms with Crippen LogP contribution in [0.3, 0.4) is 0 Å². The van der Waals surface area contributed by atoms with E-state index < -0.39 is 0 Å². The molecule has 7 heteroatoms. The van der Waals surface area contributed by atoms with Gasteiger partial charge in [-0.15, -0.1) is 5.10 Å². The molecule has 0 aliphatic heterocycles. The highest BCUT2D eigenvalue weighted by molar-refractivity contribution is 5.79. The van der Waals surface area contributed by atoms with Gasteiger partial charge in [0.2, 0.25) is 0 Å². The topological polar surface area (TPSA) is 74.5 Å². The van der Waals surface area contributed by atoms with Crippen LogP contribution in [0.15, 0.2) is 24.4 Å². The van der Waals surface area contributed by atoms with Gasteiger partial charge in [-0.25, -0.2) is 9.37 Å². The first-order valence-corrected chi connectivity index (χ1v) is 6.49. The van der Waals surface area contributed by atoms with Crippen LogP contribution in [0.25, 0.3) is 22.6 Å². The van der Waals surface area contributed by atoms with Crippen molar-refractivity contribution in [3.05, 3.63) is 30.2 Å². The zero-order valence-corrected chi connectivity index (χ0v) is 11.1. The second-order valence-corrected chi connectivity index (χ2v) is 4.47. The molecule has 20 heavy (non-hydrogen) atoms. The Morgan fingerprint density at radius 2 is 2.20 bits per heavy atom. The average Bonchev–Trinajstić information content (AvgIpc) is 3.02. The second-order valence-electron chi connectivity index (χ2n) is 4.47. The van der Waals surface area contributed by atoms with Gasteiger partial charge in [0.1, 0.15) is 11.5 Å². The molecule has 0 bridgehead atoms. The number of halogens is 1. The van der Waals surface area contributed by atoms with Gasteiger partial charge in [0.25, 0.3) is 0 Å². The van der Waals surface area contributed by atoms with Crippen LogP contribution in [0.1, 0.15) is 6.92 Å². The molecule has 0 saturated carbocycles. The molecule has 6 nitrogen and oxygen atoms in total. The van der Waals surface area contributed by atoms with Crippen molar-refractivity contribution in [2.75, 3.05) is 6.54 Å². The van der Waals surface area contributed by atoms with Crippen molar-refractivity contribution in [2.45, 2.75) is 20.0 Å². The summed E-state index contributed by atoms with van der Waals surface area (Å²) in [6, 6.07) is 4.56. The number of rotatable bonds is 4. The van der Waals surface area contributed by atoms with Crippen LogP contribution in [0.4, 0.5) is 4.39 Å². The third kappa shape index (κ3) is 2.05. The van der Waals surface area contributed by atoms with E-state index in [1.807, 2.05) is 11.5 Å². The lowest BCUT2D eigenvalue weighted by atomic mass is 10.3. The first-order valence-electron chi connectivity index (χ1n) is 6.49. The predicted molar refractivity (Wildman–Crippen MR) is 73.4 cm³/mol. The Balaban J connectivity index is 2.14. The molecule has 0 aliphatic carbocycles. The van der Waals surface area contributed by atoms with Crippen LogP contribution in [0.2, 0.25) is 0 Å². The van der Waals surface area contributed by atoms with Gasteiger partial charge in [0.15, 0.2) is 5.82 Å². The van der Waals surface area contributed by atoms with Crippen LogP contribution in [0.5, 0.6) is 0 Å². The number of fused-ring (bicyclic) bond motifs is 1. The average molecular weight is 274 g/mol. The summed E-state index contributed by atoms with van der Waals surface area (Å²) in [6.07, 6.45) is 1.80. The van der Waals surface area contributed by atoms with Crippen LogP contribution >= 0.6 is 0 Å². The maximum atomic E-state index is 13.4. The first kappa shape index (κ1) is 12.7. The van der Waals surface area contributed by atoms with Gasteiger partial charge in [-0.05, 0) is 25.1 Å². The van der Waals surface area contributed by atoms with Gasteiger partial charge >= 0.3 is 0 Å². The number of hydrogen-bond acceptors (Lipinski definition) is 4. The van der Waals surface area contributed by atoms with Crippen LogP contribution in [0, 0.1) is 5.82 Å². The Hall–Kier alpha value is -2.28. The lowest BCUT2D eigenvalue weighted by Crippen LogP contribution is -2.10. The van der Waals surface area contributed by atoms with Crippen molar-refractivity contribution in [3.8, 4) is 11.5 Å². The van der Waals surface area contributed by atoms with E-state index in [9.17, 15) is 4.39 Å². The smallest absolute Gasteiger partial charge is 0.163 e. The van der Waals surface area contributed by atoms with E-state index in [0.717, 1.165) is 11.0 Å². The van der Waals surface area contributed by atoms with Crippen LogP contribution < -0.4 is 5.73 Å². The normalized spacial score (nSPS) is 11.3. The highest BCUT2D eigenvalue weighted by Gasteiger charge is 2.15. The minimum atomic E-state index is -0.273. The lowest BCUT2D eigenvalue weighted by Gasteiger charge is -2.02. The van der Waals surface area contributed by atoms with E-state index in [0.29, 0.717) is 31.2 Å². The fraction of sp³-hybridized carbons (Fsp3) is 0.308. The summed E-state index contributed by atoms with van der Waals surface area (Å²) >= 11 is 0. The predicted octanol–water partition coefficient (Wildman–Crippen LogP) is 1.41. The van der Waals surface area contributed by atoms with Crippen molar-refractivity contribution < 1.29 is 4.39 Å². The number of imidazole rings is 1. The SMILES string of the molecule is CCn1c(-c2cn(CCN)nn2)nc2ccc(F)cc21. The third-order valence-electron chi connectivity index (χ3n) is 3.15. The number of nitrogens with zero attached hydrogens (tertiary/aromatic N) is 5. The first-order chi connectivity index (χ1) is 9.72. The molecule has 104 valence electrons. The third-order valence-corrected chi connectivity index (χ3v) is 3.15. The van der Waals surface area contributed by atoms with Gasteiger partial charge in [0.05, 0.1) is 23.8 Å². The molecule has 0 aliphatic rings. The van der Waals surface area contributed by atoms with E-state index in [1.165, 1.54) is 12.1 Å². The Morgan fingerprint density at radius 1 is 1.35 bits per heavy atom. The van der Waals surface area contributed by atoms with E-state index in [4.69, 9.17) is 5.73 Å². The maximum absolute atomic E-state index is 13.4. The van der Waals surface area contributed by atoms with Crippen molar-refractivity contribution in [2.24, 2.45) is 5.73 Å². The Labute approximate surface area is 115 Å². The summed E-state index contributed by atoms with van der Waals surface area (Å²) in [4.78, 5) is 4.52. The minimum absolute atomic E-state index is 0.273. The molecule has 0 amide bonds. The molecule has 3 aromatic rings. The van der Waals surface area contributed by atoms with Gasteiger partial charge in [-0.2, -0.15) is 0 Å². The molecule has 0 atom stereocenters. The van der Waals surface area contributed by atoms with Crippen molar-refractivity contribution in [1.82, 2.24) is 24.5 Å². The van der Waals surface area contributed by atoms with E-state index in [1.54, 1.807) is 16.9 Å². The lowest BCUT2D eigenvalue weighted by molar-refractivity contribution is 0.598. The molecule has 2 N–H and O–H groups in total. The molecule has 0 fully saturated rings. The number of benzene rings is 1. The van der Waals surface area contributed by atoms with Crippen molar-refractivity contribution >= 4 is 11.0 Å². The summed E-state index contributed by atoms with van der Waals surface area (Å²) in [7, 11) is 0. The summed E-state index contributed by atoms with van der Waals surface area (Å²) in [5.74, 6) is 0.418. The summed E-state index contributed by atoms with van der Waals surface area (Å²) in [5.41, 5.74) is 7.66. The highest BCUT2D eigenvalue weighted by atomic mass is 19.1. The van der Waals surface area contributed by atoms with Gasteiger partial charge in [-0.1, -0.05) is 5.21 Å². The summed E-state index contributed by atoms with van der Waals surface area (Å²) in [6.45, 7) is 3.77. The molecule has 2 aromatic heterocycles. The fourth-order valence-corrected chi connectivity index (χ4v) is 2.25. The molecular formula is C13H15FN6. The number of hydrogen-bond donors (Lipinski definition) is 1. The molecule has 3 rings (SSSR count). The van der Waals surface area contributed by atoms with Crippen LogP contribution in [-0.2, 0) is 13.1 Å². The number of aryl methyl sites for hydroxylation is 1. The molecule has 2 heterocycles. The number of nitrogens with two attached hydrogens (primary N) is 1. The number of aromatic nitrogens is 5. The summed E-state index contributed by atoms with van der Waals surface area (Å²) in [5, 5.41) is 8.12. The molecule has 0 saturated heterocycles. The molecule has 0 spiro atoms.